The number of halogens is 1. The molecule has 1 aliphatic carbocycles. The van der Waals surface area contributed by atoms with Crippen LogP contribution in [0.3, 0.4) is 0 Å². The highest BCUT2D eigenvalue weighted by molar-refractivity contribution is 5.98. The van der Waals surface area contributed by atoms with E-state index < -0.39 is 109 Å². The van der Waals surface area contributed by atoms with Crippen molar-refractivity contribution >= 4 is 82.6 Å². The zero-order valence-electron chi connectivity index (χ0n) is 43.4. The van der Waals surface area contributed by atoms with Gasteiger partial charge in [-0.25, -0.2) is 4.79 Å². The number of para-hydroxylation sites is 1. The van der Waals surface area contributed by atoms with Crippen molar-refractivity contribution in [2.75, 3.05) is 32.8 Å². The third-order valence-corrected chi connectivity index (χ3v) is 13.1. The minimum atomic E-state index is -1.62. The lowest BCUT2D eigenvalue weighted by Gasteiger charge is -2.30. The predicted octanol–water partition coefficient (Wildman–Crippen LogP) is -1.18. The van der Waals surface area contributed by atoms with Crippen LogP contribution in [0, 0.1) is 5.92 Å². The topological polar surface area (TPSA) is 400 Å². The summed E-state index contributed by atoms with van der Waals surface area (Å²) in [4.78, 5) is 130. The van der Waals surface area contributed by atoms with E-state index in [1.54, 1.807) is 20.0 Å². The van der Waals surface area contributed by atoms with Gasteiger partial charge >= 0.3 is 6.03 Å². The number of aliphatic imine (C=N–C) groups is 1. The summed E-state index contributed by atoms with van der Waals surface area (Å²) in [5.41, 5.74) is 18.2. The Hall–Kier alpha value is -7.67. The number of fused-ring (bicyclic) bond motifs is 1. The molecule has 2 fully saturated rings. The van der Waals surface area contributed by atoms with Gasteiger partial charge in [-0.05, 0) is 80.2 Å². The first kappa shape index (κ1) is 61.9. The molecule has 26 heteroatoms. The molecule has 1 saturated heterocycles. The Morgan fingerprint density at radius 1 is 0.727 bits per heavy atom. The Labute approximate surface area is 452 Å². The molecule has 6 atom stereocenters. The second kappa shape index (κ2) is 30.8. The van der Waals surface area contributed by atoms with Crippen molar-refractivity contribution in [3.05, 3.63) is 65.9 Å². The molecule has 0 bridgehead atoms. The van der Waals surface area contributed by atoms with Crippen molar-refractivity contribution in [1.82, 2.24) is 52.4 Å². The van der Waals surface area contributed by atoms with Gasteiger partial charge in [0.1, 0.15) is 42.0 Å². The van der Waals surface area contributed by atoms with Crippen molar-refractivity contribution in [1.29, 1.82) is 0 Å². The molecule has 0 radical (unpaired) electrons. The molecule has 2 heterocycles. The van der Waals surface area contributed by atoms with Crippen LogP contribution in [0.15, 0.2) is 59.7 Å². The number of H-pyrrole nitrogens is 1. The maximum absolute atomic E-state index is 14.1. The first-order chi connectivity index (χ1) is 36.3. The SMILES string of the molecule is CC(C)C[C@H](NC(=O)CNC(=O)[C@H](Cc1ccc(O)cc1)NC(=O)[C@H](CO)NC(=O)[C@H](Cc1c[nH]c2ccccc12)NC(=O)NC1CCCCC1)C(=O)N[C@@H](CCCN=C(N)N)C(=O)N1CCC[C@H]1C(=O)NCC(N)=O.Cl. The molecule has 5 rings (SSSR count). The van der Waals surface area contributed by atoms with Gasteiger partial charge in [-0.2, -0.15) is 0 Å². The van der Waals surface area contributed by atoms with Crippen LogP contribution in [0.2, 0.25) is 0 Å². The summed E-state index contributed by atoms with van der Waals surface area (Å²) < 4.78 is 0. The predicted molar refractivity (Wildman–Crippen MR) is 288 cm³/mol. The number of nitrogens with zero attached hydrogens (tertiary/aromatic N) is 2. The van der Waals surface area contributed by atoms with E-state index in [1.807, 2.05) is 24.3 Å². The van der Waals surface area contributed by atoms with Crippen LogP contribution in [0.5, 0.6) is 5.75 Å². The van der Waals surface area contributed by atoms with Gasteiger partial charge < -0.3 is 79.8 Å². The molecule has 2 aliphatic rings. The highest BCUT2D eigenvalue weighted by Gasteiger charge is 2.39. The number of phenolic OH excluding ortho intramolecular Hbond substituents is 1. The number of benzene rings is 2. The largest absolute Gasteiger partial charge is 0.508 e. The average Bonchev–Trinajstić information content (AvgIpc) is 4.06. The van der Waals surface area contributed by atoms with Gasteiger partial charge in [0.2, 0.25) is 47.3 Å². The summed E-state index contributed by atoms with van der Waals surface area (Å²) >= 11 is 0. The van der Waals surface area contributed by atoms with Gasteiger partial charge in [0.05, 0.1) is 19.7 Å². The molecule has 17 N–H and O–H groups in total. The molecule has 1 aromatic heterocycles. The van der Waals surface area contributed by atoms with E-state index in [2.05, 4.69) is 52.5 Å². The molecular formula is C51H75ClN14O11. The van der Waals surface area contributed by atoms with Crippen molar-refractivity contribution in [3.8, 4) is 5.75 Å². The fraction of sp³-hybridized carbons (Fsp3) is 0.529. The molecule has 0 unspecified atom stereocenters. The molecule has 77 heavy (non-hydrogen) atoms. The van der Waals surface area contributed by atoms with E-state index in [-0.39, 0.29) is 81.3 Å². The van der Waals surface area contributed by atoms with Crippen LogP contribution in [-0.4, -0.2) is 154 Å². The number of nitrogens with two attached hydrogens (primary N) is 3. The molecule has 25 nitrogen and oxygen atoms in total. The molecule has 0 spiro atoms. The second-order valence-corrected chi connectivity index (χ2v) is 19.6. The van der Waals surface area contributed by atoms with E-state index in [0.717, 1.165) is 43.0 Å². The normalized spacial score (nSPS) is 16.3. The highest BCUT2D eigenvalue weighted by Crippen LogP contribution is 2.22. The zero-order valence-corrected chi connectivity index (χ0v) is 44.3. The summed E-state index contributed by atoms with van der Waals surface area (Å²) in [6.45, 7) is 1.89. The van der Waals surface area contributed by atoms with Crippen molar-refractivity contribution in [2.24, 2.45) is 28.1 Å². The molecule has 1 aliphatic heterocycles. The molecule has 2 aromatic carbocycles. The Balaban J connectivity index is 0.0000128. The fourth-order valence-electron chi connectivity index (χ4n) is 9.25. The fourth-order valence-corrected chi connectivity index (χ4v) is 9.25. The Morgan fingerprint density at radius 3 is 2.05 bits per heavy atom. The number of hydrogen-bond donors (Lipinski definition) is 14. The minimum Gasteiger partial charge on any atom is -0.508 e. The number of aliphatic hydroxyl groups excluding tert-OH is 1. The number of carbonyl (C=O) groups excluding carboxylic acids is 9. The number of aliphatic hydroxyl groups is 1. The third-order valence-electron chi connectivity index (χ3n) is 13.1. The molecule has 1 saturated carbocycles. The number of likely N-dealkylation sites (tertiary alicyclic amines) is 1. The smallest absolute Gasteiger partial charge is 0.315 e. The van der Waals surface area contributed by atoms with E-state index in [4.69, 9.17) is 17.2 Å². The quantitative estimate of drug-likeness (QED) is 0.0243. The summed E-state index contributed by atoms with van der Waals surface area (Å²) in [5.74, 6) is -6.52. The zero-order chi connectivity index (χ0) is 55.3. The average molecular weight is 1100 g/mol. The summed E-state index contributed by atoms with van der Waals surface area (Å²) in [6, 6.07) is 4.91. The maximum atomic E-state index is 14.1. The van der Waals surface area contributed by atoms with Crippen LogP contribution in [0.4, 0.5) is 4.79 Å². The number of aromatic hydroxyl groups is 1. The van der Waals surface area contributed by atoms with Gasteiger partial charge in [0, 0.05) is 49.1 Å². The first-order valence-corrected chi connectivity index (χ1v) is 25.7. The van der Waals surface area contributed by atoms with Gasteiger partial charge in [-0.3, -0.25) is 43.3 Å². The first-order valence-electron chi connectivity index (χ1n) is 25.7. The number of aromatic nitrogens is 1. The van der Waals surface area contributed by atoms with Crippen LogP contribution >= 0.6 is 12.4 Å². The van der Waals surface area contributed by atoms with Crippen molar-refractivity contribution in [3.63, 3.8) is 0 Å². The molecule has 422 valence electrons. The number of amides is 10. The second-order valence-electron chi connectivity index (χ2n) is 19.6. The van der Waals surface area contributed by atoms with E-state index in [9.17, 15) is 53.4 Å². The summed E-state index contributed by atoms with van der Waals surface area (Å²) in [7, 11) is 0. The molecule has 10 amide bonds. The van der Waals surface area contributed by atoms with E-state index in [1.165, 1.54) is 29.2 Å². The lowest BCUT2D eigenvalue weighted by atomic mass is 9.96. The lowest BCUT2D eigenvalue weighted by Crippen LogP contribution is -2.60. The van der Waals surface area contributed by atoms with Gasteiger partial charge in [-0.15, -0.1) is 12.4 Å². The number of hydrogen-bond acceptors (Lipinski definition) is 12. The minimum absolute atomic E-state index is 0. The van der Waals surface area contributed by atoms with Gasteiger partial charge in [0.25, 0.3) is 0 Å². The Morgan fingerprint density at radius 2 is 1.38 bits per heavy atom. The van der Waals surface area contributed by atoms with Gasteiger partial charge in [0.15, 0.2) is 5.96 Å². The standard InChI is InChI=1S/C51H74N14O11.ClH/c1-29(2)22-37(45(71)61-36(14-8-20-55-50(53)54)49(75)65-21-9-15-41(65)48(74)57-26-42(52)68)60-43(69)27-58-44(70)38(23-30-16-18-33(67)19-17-30)62-47(73)40(28-66)63-46(72)39(64-51(76)59-32-10-4-3-5-11-32)24-31-25-56-35-13-7-6-12-34(31)35;/h6-7,12-13,16-19,25,29,32,36-41,56,66-67H,3-5,8-11,14-15,20-24,26-28H2,1-2H3,(H2,52,68)(H,57,74)(H,58,70)(H,60,69)(H,61,71)(H,62,73)(H,63,72)(H4,53,54,55)(H2,59,64,76);1H/t36-,37-,38-,39-,40-,41-;/m0./s1. The van der Waals surface area contributed by atoms with E-state index >= 15 is 0 Å². The number of nitrogens with one attached hydrogen (secondary N) is 9. The molecular weight excluding hydrogens is 1020 g/mol. The monoisotopic (exact) mass is 1090 g/mol. The van der Waals surface area contributed by atoms with Gasteiger partial charge in [-0.1, -0.05) is 63.4 Å². The number of carbonyl (C=O) groups is 9. The Kier molecular flexibility index (Phi) is 24.7. The number of aromatic amines is 1. The molecule has 3 aromatic rings. The van der Waals surface area contributed by atoms with E-state index in [0.29, 0.717) is 24.0 Å². The number of urea groups is 1. The van der Waals surface area contributed by atoms with Crippen LogP contribution in [-0.2, 0) is 51.2 Å². The third kappa shape index (κ3) is 19.8. The summed E-state index contributed by atoms with van der Waals surface area (Å²) in [6.07, 6.45) is 7.27. The lowest BCUT2D eigenvalue weighted by molar-refractivity contribution is -0.142. The number of guanidine groups is 1. The maximum Gasteiger partial charge on any atom is 0.315 e. The van der Waals surface area contributed by atoms with Crippen molar-refractivity contribution < 1.29 is 53.4 Å². The number of rotatable bonds is 27. The highest BCUT2D eigenvalue weighted by atomic mass is 35.5. The van der Waals surface area contributed by atoms with Crippen LogP contribution in [0.1, 0.15) is 89.2 Å². The van der Waals surface area contributed by atoms with Crippen LogP contribution in [0.25, 0.3) is 10.9 Å². The summed E-state index contributed by atoms with van der Waals surface area (Å²) in [5, 5.41) is 42.3. The van der Waals surface area contributed by atoms with Crippen molar-refractivity contribution in [2.45, 2.75) is 133 Å². The van der Waals surface area contributed by atoms with Crippen LogP contribution < -0.4 is 59.7 Å². The number of phenols is 1. The Bertz CT molecular complexity index is 2530. The number of primary amides is 1.